The van der Waals surface area contributed by atoms with Gasteiger partial charge in [-0.15, -0.1) is 0 Å². The molecule has 0 radical (unpaired) electrons. The average molecular weight is 445 g/mol. The van der Waals surface area contributed by atoms with Crippen molar-refractivity contribution >= 4 is 52.2 Å². The van der Waals surface area contributed by atoms with Crippen LogP contribution >= 0.6 is 23.4 Å². The molecule has 0 aliphatic carbocycles. The van der Waals surface area contributed by atoms with Crippen molar-refractivity contribution in [3.63, 3.8) is 0 Å². The van der Waals surface area contributed by atoms with Crippen LogP contribution in [0.4, 0.5) is 10.5 Å². The Morgan fingerprint density at radius 2 is 1.97 bits per heavy atom. The van der Waals surface area contributed by atoms with Gasteiger partial charge in [0.05, 0.1) is 9.93 Å². The smallest absolute Gasteiger partial charge is 0.293 e. The van der Waals surface area contributed by atoms with E-state index in [2.05, 4.69) is 5.32 Å². The largest absolute Gasteiger partial charge is 0.482 e. The number of nitrogens with one attached hydrogen (secondary N) is 1. The Morgan fingerprint density at radius 3 is 2.63 bits per heavy atom. The van der Waals surface area contributed by atoms with Crippen LogP contribution in [0.25, 0.3) is 6.08 Å². The van der Waals surface area contributed by atoms with E-state index < -0.39 is 0 Å². The SMILES string of the molecule is CC[C@@H](C)N1C(=O)S/C(=C/c2ccc(OCC(=O)Nc3ccccc3)c(Cl)c2)C1=O. The van der Waals surface area contributed by atoms with Crippen LogP contribution < -0.4 is 10.1 Å². The lowest BCUT2D eigenvalue weighted by atomic mass is 10.2. The zero-order valence-corrected chi connectivity index (χ0v) is 18.1. The predicted molar refractivity (Wildman–Crippen MR) is 120 cm³/mol. The van der Waals surface area contributed by atoms with Crippen molar-refractivity contribution in [2.24, 2.45) is 0 Å². The maximum atomic E-state index is 12.5. The van der Waals surface area contributed by atoms with Gasteiger partial charge >= 0.3 is 0 Å². The average Bonchev–Trinajstić information content (AvgIpc) is 3.00. The number of para-hydroxylation sites is 1. The van der Waals surface area contributed by atoms with Crippen LogP contribution in [0.15, 0.2) is 53.4 Å². The number of thioether (sulfide) groups is 1. The number of carbonyl (C=O) groups excluding carboxylic acids is 3. The summed E-state index contributed by atoms with van der Waals surface area (Å²) in [4.78, 5) is 38.3. The number of halogens is 1. The fourth-order valence-electron chi connectivity index (χ4n) is 2.78. The Bertz CT molecular complexity index is 994. The van der Waals surface area contributed by atoms with Crippen LogP contribution in [0.5, 0.6) is 5.75 Å². The van der Waals surface area contributed by atoms with E-state index >= 15 is 0 Å². The summed E-state index contributed by atoms with van der Waals surface area (Å²) in [5.41, 5.74) is 1.34. The van der Waals surface area contributed by atoms with Crippen LogP contribution in [-0.4, -0.2) is 34.6 Å². The third-order valence-electron chi connectivity index (χ3n) is 4.53. The molecule has 8 heteroatoms. The molecule has 2 aromatic rings. The summed E-state index contributed by atoms with van der Waals surface area (Å²) in [6.45, 7) is 3.58. The van der Waals surface area contributed by atoms with Gasteiger partial charge in [-0.05, 0) is 61.0 Å². The fourth-order valence-corrected chi connectivity index (χ4v) is 3.95. The van der Waals surface area contributed by atoms with Gasteiger partial charge in [-0.25, -0.2) is 0 Å². The zero-order chi connectivity index (χ0) is 21.7. The summed E-state index contributed by atoms with van der Waals surface area (Å²) in [6, 6.07) is 13.9. The summed E-state index contributed by atoms with van der Waals surface area (Å²) in [7, 11) is 0. The molecule has 3 amide bonds. The first kappa shape index (κ1) is 21.9. The molecule has 2 aromatic carbocycles. The monoisotopic (exact) mass is 444 g/mol. The molecule has 1 fully saturated rings. The number of anilines is 1. The molecule has 1 heterocycles. The molecule has 1 aliphatic rings. The van der Waals surface area contributed by atoms with Crippen molar-refractivity contribution in [1.82, 2.24) is 4.90 Å². The lowest BCUT2D eigenvalue weighted by Gasteiger charge is -2.19. The van der Waals surface area contributed by atoms with Crippen LogP contribution in [-0.2, 0) is 9.59 Å². The zero-order valence-electron chi connectivity index (χ0n) is 16.6. The number of ether oxygens (including phenoxy) is 1. The summed E-state index contributed by atoms with van der Waals surface area (Å²) in [5.74, 6) is -0.252. The van der Waals surface area contributed by atoms with Crippen molar-refractivity contribution in [3.05, 3.63) is 64.0 Å². The van der Waals surface area contributed by atoms with Gasteiger partial charge < -0.3 is 10.1 Å². The lowest BCUT2D eigenvalue weighted by Crippen LogP contribution is -2.36. The molecule has 1 saturated heterocycles. The summed E-state index contributed by atoms with van der Waals surface area (Å²) < 4.78 is 5.50. The normalized spacial score (nSPS) is 16.1. The summed E-state index contributed by atoms with van der Waals surface area (Å²) >= 11 is 7.19. The molecule has 0 unspecified atom stereocenters. The van der Waals surface area contributed by atoms with Gasteiger partial charge in [0.2, 0.25) is 0 Å². The molecule has 0 saturated carbocycles. The molecule has 1 atom stereocenters. The van der Waals surface area contributed by atoms with E-state index in [9.17, 15) is 14.4 Å². The molecule has 0 aromatic heterocycles. The van der Waals surface area contributed by atoms with Crippen molar-refractivity contribution in [1.29, 1.82) is 0 Å². The Hall–Kier alpha value is -2.77. The van der Waals surface area contributed by atoms with Gasteiger partial charge in [-0.3, -0.25) is 19.3 Å². The molecule has 6 nitrogen and oxygen atoms in total. The minimum Gasteiger partial charge on any atom is -0.482 e. The Balaban J connectivity index is 1.64. The molecule has 0 spiro atoms. The minimum absolute atomic E-state index is 0.148. The number of carbonyl (C=O) groups is 3. The first-order valence-corrected chi connectivity index (χ1v) is 10.6. The van der Waals surface area contributed by atoms with Crippen molar-refractivity contribution < 1.29 is 19.1 Å². The fraction of sp³-hybridized carbons (Fsp3) is 0.227. The second-order valence-electron chi connectivity index (χ2n) is 6.70. The van der Waals surface area contributed by atoms with E-state index in [1.165, 1.54) is 4.90 Å². The third-order valence-corrected chi connectivity index (χ3v) is 5.70. The van der Waals surface area contributed by atoms with E-state index in [1.54, 1.807) is 36.4 Å². The van der Waals surface area contributed by atoms with Gasteiger partial charge in [0.15, 0.2) is 6.61 Å². The highest BCUT2D eigenvalue weighted by Gasteiger charge is 2.37. The Morgan fingerprint density at radius 1 is 1.23 bits per heavy atom. The highest BCUT2D eigenvalue weighted by Crippen LogP contribution is 2.35. The molecule has 1 N–H and O–H groups in total. The third kappa shape index (κ3) is 5.23. The molecular weight excluding hydrogens is 424 g/mol. The molecule has 156 valence electrons. The molecule has 30 heavy (non-hydrogen) atoms. The van der Waals surface area contributed by atoms with E-state index in [-0.39, 0.29) is 29.7 Å². The molecule has 0 bridgehead atoms. The number of rotatable bonds is 7. The number of nitrogens with zero attached hydrogens (tertiary/aromatic N) is 1. The number of amides is 3. The number of hydrogen-bond acceptors (Lipinski definition) is 5. The van der Waals surface area contributed by atoms with Gasteiger partial charge in [-0.2, -0.15) is 0 Å². The quantitative estimate of drug-likeness (QED) is 0.594. The Labute approximate surface area is 184 Å². The lowest BCUT2D eigenvalue weighted by molar-refractivity contribution is -0.124. The molecule has 3 rings (SSSR count). The standard InChI is InChI=1S/C22H21ClN2O4S/c1-3-14(2)25-21(27)19(30-22(25)28)12-15-9-10-18(17(23)11-15)29-13-20(26)24-16-7-5-4-6-8-16/h4-12,14H,3,13H2,1-2H3,(H,24,26)/b19-12+/t14-/m1/s1. The first-order valence-electron chi connectivity index (χ1n) is 9.43. The second kappa shape index (κ2) is 9.82. The van der Waals surface area contributed by atoms with Crippen LogP contribution in [0.2, 0.25) is 5.02 Å². The highest BCUT2D eigenvalue weighted by molar-refractivity contribution is 8.18. The van der Waals surface area contributed by atoms with Gasteiger partial charge in [-0.1, -0.05) is 42.8 Å². The van der Waals surface area contributed by atoms with Crippen LogP contribution in [0.1, 0.15) is 25.8 Å². The molecule has 1 aliphatic heterocycles. The van der Waals surface area contributed by atoms with E-state index in [0.29, 0.717) is 33.3 Å². The first-order chi connectivity index (χ1) is 14.4. The second-order valence-corrected chi connectivity index (χ2v) is 8.10. The van der Waals surface area contributed by atoms with Crippen molar-refractivity contribution in [2.75, 3.05) is 11.9 Å². The number of hydrogen-bond donors (Lipinski definition) is 1. The highest BCUT2D eigenvalue weighted by atomic mass is 35.5. The Kier molecular flexibility index (Phi) is 7.18. The topological polar surface area (TPSA) is 75.7 Å². The van der Waals surface area contributed by atoms with Gasteiger partial charge in [0, 0.05) is 11.7 Å². The van der Waals surface area contributed by atoms with Crippen LogP contribution in [0, 0.1) is 0 Å². The minimum atomic E-state index is -0.305. The maximum absolute atomic E-state index is 12.5. The van der Waals surface area contributed by atoms with E-state index in [0.717, 1.165) is 11.8 Å². The van der Waals surface area contributed by atoms with Crippen molar-refractivity contribution in [3.8, 4) is 5.75 Å². The number of benzene rings is 2. The summed E-state index contributed by atoms with van der Waals surface area (Å²) in [6.07, 6.45) is 2.33. The van der Waals surface area contributed by atoms with E-state index in [1.807, 2.05) is 32.0 Å². The van der Waals surface area contributed by atoms with Gasteiger partial charge in [0.25, 0.3) is 17.1 Å². The van der Waals surface area contributed by atoms with Gasteiger partial charge in [0.1, 0.15) is 5.75 Å². The maximum Gasteiger partial charge on any atom is 0.293 e. The predicted octanol–water partition coefficient (Wildman–Crippen LogP) is 5.19. The van der Waals surface area contributed by atoms with E-state index in [4.69, 9.17) is 16.3 Å². The molecular formula is C22H21ClN2O4S. The number of imide groups is 1. The van der Waals surface area contributed by atoms with Crippen LogP contribution in [0.3, 0.4) is 0 Å². The summed E-state index contributed by atoms with van der Waals surface area (Å²) in [5, 5.41) is 2.76. The van der Waals surface area contributed by atoms with Crippen molar-refractivity contribution in [2.45, 2.75) is 26.3 Å².